The van der Waals surface area contributed by atoms with Crippen molar-refractivity contribution in [3.8, 4) is 22.3 Å². The Morgan fingerprint density at radius 2 is 1.16 bits per heavy atom. The summed E-state index contributed by atoms with van der Waals surface area (Å²) >= 11 is 0. The summed E-state index contributed by atoms with van der Waals surface area (Å²) in [4.78, 5) is 9.75. The van der Waals surface area contributed by atoms with Gasteiger partial charge in [0, 0.05) is 33.3 Å². The average Bonchev–Trinajstić information content (AvgIpc) is 3.73. The Morgan fingerprint density at radius 1 is 0.540 bits per heavy atom. The minimum absolute atomic E-state index is 0.0774. The van der Waals surface area contributed by atoms with Crippen molar-refractivity contribution in [3.63, 3.8) is 0 Å². The highest BCUT2D eigenvalue weighted by Crippen LogP contribution is 2.38. The number of nitrogens with one attached hydrogen (secondary N) is 1. The first-order valence-electron chi connectivity index (χ1n) is 16.6. The van der Waals surface area contributed by atoms with Crippen LogP contribution in [0.5, 0.6) is 0 Å². The molecular weight excluding hydrogens is 613 g/mol. The molecule has 9 rings (SSSR count). The Hall–Kier alpha value is -6.85. The first-order valence-corrected chi connectivity index (χ1v) is 16.6. The minimum atomic E-state index is 0.0774. The predicted octanol–water partition coefficient (Wildman–Crippen LogP) is 11.4. The van der Waals surface area contributed by atoms with Crippen molar-refractivity contribution in [2.75, 3.05) is 0 Å². The van der Waals surface area contributed by atoms with Gasteiger partial charge in [0.25, 0.3) is 0 Å². The molecule has 0 aliphatic carbocycles. The fraction of sp³-hybridized carbons (Fsp3) is 0. The molecule has 5 nitrogen and oxygen atoms in total. The van der Waals surface area contributed by atoms with Gasteiger partial charge < -0.3 is 4.42 Å². The number of hydrogen-bond donors (Lipinski definition) is 1. The standard InChI is InChI=1S/C45H30N4O/c46-45(49-39-19-9-7-16-36(39)37-17-8-10-20-40(37)49)48-44(47-29-30-12-3-1-4-13-30)34-26-27-38-42(28-34)50-41-21-11-18-35(43(38)41)33-24-22-32(23-25-33)31-14-5-2-6-15-31/h1-29,46H/b46-45?,47-29+,48-44-. The number of aliphatic imine (C=N–C) groups is 2. The zero-order valence-electron chi connectivity index (χ0n) is 27.0. The van der Waals surface area contributed by atoms with E-state index in [0.29, 0.717) is 5.84 Å². The molecule has 0 saturated heterocycles. The maximum atomic E-state index is 9.30. The van der Waals surface area contributed by atoms with Crippen LogP contribution in [-0.4, -0.2) is 22.6 Å². The van der Waals surface area contributed by atoms with Gasteiger partial charge in [-0.2, -0.15) is 4.99 Å². The SMILES string of the molecule is N=C(/N=C(\N=C\c1ccccc1)c1ccc2c(c1)oc1cccc(-c3ccc(-c4ccccc4)cc3)c12)n1c2ccccc2c2ccccc21. The molecule has 0 atom stereocenters. The van der Waals surface area contributed by atoms with Crippen LogP contribution < -0.4 is 0 Å². The van der Waals surface area contributed by atoms with E-state index >= 15 is 0 Å². The van der Waals surface area contributed by atoms with Crippen LogP contribution in [0.3, 0.4) is 0 Å². The highest BCUT2D eigenvalue weighted by atomic mass is 16.3. The molecule has 0 unspecified atom stereocenters. The third kappa shape index (κ3) is 5.18. The van der Waals surface area contributed by atoms with Crippen molar-refractivity contribution in [1.29, 1.82) is 5.41 Å². The molecule has 236 valence electrons. The van der Waals surface area contributed by atoms with Crippen LogP contribution in [0.2, 0.25) is 0 Å². The van der Waals surface area contributed by atoms with Gasteiger partial charge >= 0.3 is 0 Å². The lowest BCUT2D eigenvalue weighted by Crippen LogP contribution is -2.11. The second-order valence-corrected chi connectivity index (χ2v) is 12.2. The number of rotatable bonds is 4. The zero-order valence-corrected chi connectivity index (χ0v) is 27.0. The summed E-state index contributed by atoms with van der Waals surface area (Å²) in [6.45, 7) is 0. The second-order valence-electron chi connectivity index (χ2n) is 12.2. The highest BCUT2D eigenvalue weighted by Gasteiger charge is 2.17. The number of benzene rings is 7. The van der Waals surface area contributed by atoms with Gasteiger partial charge in [-0.05, 0) is 58.1 Å². The van der Waals surface area contributed by atoms with Crippen LogP contribution in [0.4, 0.5) is 0 Å². The van der Waals surface area contributed by atoms with Crippen molar-refractivity contribution in [1.82, 2.24) is 4.57 Å². The summed E-state index contributed by atoms with van der Waals surface area (Å²) in [7, 11) is 0. The van der Waals surface area contributed by atoms with Crippen molar-refractivity contribution < 1.29 is 4.42 Å². The summed E-state index contributed by atoms with van der Waals surface area (Å²) in [5, 5.41) is 13.5. The van der Waals surface area contributed by atoms with Crippen LogP contribution in [0.15, 0.2) is 184 Å². The van der Waals surface area contributed by atoms with E-state index in [1.165, 1.54) is 11.1 Å². The van der Waals surface area contributed by atoms with Crippen molar-refractivity contribution >= 4 is 61.8 Å². The maximum absolute atomic E-state index is 9.30. The van der Waals surface area contributed by atoms with E-state index < -0.39 is 0 Å². The number of para-hydroxylation sites is 2. The van der Waals surface area contributed by atoms with E-state index in [1.54, 1.807) is 6.21 Å². The second kappa shape index (κ2) is 12.3. The van der Waals surface area contributed by atoms with Gasteiger partial charge in [0.05, 0.1) is 11.0 Å². The number of amidine groups is 1. The van der Waals surface area contributed by atoms with E-state index in [1.807, 2.05) is 102 Å². The van der Waals surface area contributed by atoms with Gasteiger partial charge in [-0.25, -0.2) is 4.99 Å². The predicted molar refractivity (Wildman–Crippen MR) is 208 cm³/mol. The van der Waals surface area contributed by atoms with Crippen molar-refractivity contribution in [2.45, 2.75) is 0 Å². The lowest BCUT2D eigenvalue weighted by molar-refractivity contribution is 0.669. The molecule has 0 saturated carbocycles. The van der Waals surface area contributed by atoms with Gasteiger partial charge in [-0.15, -0.1) is 0 Å². The third-order valence-electron chi connectivity index (χ3n) is 9.20. The molecular formula is C45H30N4O. The lowest BCUT2D eigenvalue weighted by atomic mass is 9.96. The number of hydrogen-bond acceptors (Lipinski definition) is 2. The molecule has 0 amide bonds. The molecule has 5 heteroatoms. The number of aromatic nitrogens is 1. The van der Waals surface area contributed by atoms with Gasteiger partial charge in [0.1, 0.15) is 11.2 Å². The zero-order chi connectivity index (χ0) is 33.4. The van der Waals surface area contributed by atoms with Gasteiger partial charge in [0.15, 0.2) is 5.84 Å². The summed E-state index contributed by atoms with van der Waals surface area (Å²) in [5.74, 6) is 0.494. The highest BCUT2D eigenvalue weighted by molar-refractivity contribution is 6.18. The number of nitrogens with zero attached hydrogens (tertiary/aromatic N) is 3. The van der Waals surface area contributed by atoms with Crippen molar-refractivity contribution in [3.05, 3.63) is 181 Å². The van der Waals surface area contributed by atoms with E-state index in [-0.39, 0.29) is 5.96 Å². The quantitative estimate of drug-likeness (QED) is 0.151. The molecule has 1 N–H and O–H groups in total. The third-order valence-corrected chi connectivity index (χ3v) is 9.20. The Labute approximate surface area is 288 Å². The van der Waals surface area contributed by atoms with E-state index in [9.17, 15) is 5.41 Å². The van der Waals surface area contributed by atoms with Crippen LogP contribution in [0.1, 0.15) is 11.1 Å². The van der Waals surface area contributed by atoms with Gasteiger partial charge in [0.2, 0.25) is 5.96 Å². The Bertz CT molecular complexity index is 2700. The Kier molecular flexibility index (Phi) is 7.21. The Balaban J connectivity index is 1.16. The van der Waals surface area contributed by atoms with Gasteiger partial charge in [-0.3, -0.25) is 9.98 Å². The first-order chi connectivity index (χ1) is 24.7. The summed E-state index contributed by atoms with van der Waals surface area (Å²) in [6, 6.07) is 57.6. The molecule has 0 aliphatic rings. The summed E-state index contributed by atoms with van der Waals surface area (Å²) in [5.41, 5.74) is 9.68. The fourth-order valence-corrected chi connectivity index (χ4v) is 6.82. The van der Waals surface area contributed by atoms with E-state index in [2.05, 4.69) is 72.8 Å². The average molecular weight is 643 g/mol. The fourth-order valence-electron chi connectivity index (χ4n) is 6.82. The lowest BCUT2D eigenvalue weighted by Gasteiger charge is -2.08. The molecule has 7 aromatic carbocycles. The largest absolute Gasteiger partial charge is 0.456 e. The van der Waals surface area contributed by atoms with Crippen LogP contribution >= 0.6 is 0 Å². The molecule has 0 bridgehead atoms. The van der Waals surface area contributed by atoms with Gasteiger partial charge in [-0.1, -0.05) is 140 Å². The van der Waals surface area contributed by atoms with Crippen LogP contribution in [0.25, 0.3) is 66.0 Å². The number of fused-ring (bicyclic) bond motifs is 6. The molecule has 0 fully saturated rings. The molecule has 0 aliphatic heterocycles. The summed E-state index contributed by atoms with van der Waals surface area (Å²) < 4.78 is 8.37. The molecule has 0 radical (unpaired) electrons. The molecule has 2 aromatic heterocycles. The maximum Gasteiger partial charge on any atom is 0.229 e. The molecule has 2 heterocycles. The smallest absolute Gasteiger partial charge is 0.229 e. The monoisotopic (exact) mass is 642 g/mol. The molecule has 50 heavy (non-hydrogen) atoms. The summed E-state index contributed by atoms with van der Waals surface area (Å²) in [6.07, 6.45) is 1.79. The van der Waals surface area contributed by atoms with Crippen molar-refractivity contribution in [2.24, 2.45) is 9.98 Å². The molecule has 9 aromatic rings. The normalized spacial score (nSPS) is 12.1. The minimum Gasteiger partial charge on any atom is -0.456 e. The van der Waals surface area contributed by atoms with E-state index in [4.69, 9.17) is 14.4 Å². The van der Waals surface area contributed by atoms with Crippen LogP contribution in [-0.2, 0) is 0 Å². The number of furan rings is 1. The van der Waals surface area contributed by atoms with E-state index in [0.717, 1.165) is 66.0 Å². The topological polar surface area (TPSA) is 66.6 Å². The molecule has 0 spiro atoms. The first kappa shape index (κ1) is 29.3. The Morgan fingerprint density at radius 3 is 1.88 bits per heavy atom. The van der Waals surface area contributed by atoms with Crippen LogP contribution in [0, 0.1) is 5.41 Å².